The molecule has 1 atom stereocenters. The summed E-state index contributed by atoms with van der Waals surface area (Å²) in [4.78, 5) is 21.2. The molecule has 84 valence electrons. The van der Waals surface area contributed by atoms with Gasteiger partial charge in [-0.05, 0) is 5.56 Å². The van der Waals surface area contributed by atoms with Crippen LogP contribution in [0.3, 0.4) is 0 Å². The van der Waals surface area contributed by atoms with Gasteiger partial charge in [0, 0.05) is 5.56 Å². The third-order valence-corrected chi connectivity index (χ3v) is 3.31. The van der Waals surface area contributed by atoms with Crippen LogP contribution in [0.2, 0.25) is 0 Å². The normalized spacial score (nSPS) is 22.9. The van der Waals surface area contributed by atoms with Crippen molar-refractivity contribution in [2.75, 3.05) is 0 Å². The van der Waals surface area contributed by atoms with E-state index in [1.165, 1.54) is 0 Å². The molecule has 0 bridgehead atoms. The van der Waals surface area contributed by atoms with Gasteiger partial charge in [-0.2, -0.15) is 0 Å². The van der Waals surface area contributed by atoms with E-state index in [0.29, 0.717) is 11.1 Å². The molecule has 2 rings (SSSR count). The number of fused-ring (bicyclic) bond motifs is 1. The molecule has 1 aromatic rings. The van der Waals surface area contributed by atoms with Crippen LogP contribution in [0.4, 0.5) is 4.79 Å². The van der Waals surface area contributed by atoms with Crippen molar-refractivity contribution in [2.24, 2.45) is 0 Å². The molecule has 0 fully saturated rings. The Kier molecular flexibility index (Phi) is 2.31. The number of benzene rings is 1. The number of aliphatic carboxylic acids is 1. The molecule has 0 radical (unpaired) electrons. The molecule has 1 aliphatic heterocycles. The number of nitrogens with zero attached hydrogens (tertiary/aromatic N) is 1. The Labute approximate surface area is 96.7 Å². The Morgan fingerprint density at radius 2 is 1.94 bits per heavy atom. The lowest BCUT2D eigenvalue weighted by Gasteiger charge is -2.28. The van der Waals surface area contributed by atoms with Crippen molar-refractivity contribution in [1.82, 2.24) is 4.90 Å². The molecule has 0 aliphatic carbocycles. The molecule has 6 heteroatoms. The SMILES string of the molecule is O=C(O)N1Cc2ccccc2C1(S)C(=O)O. The highest BCUT2D eigenvalue weighted by Gasteiger charge is 2.51. The maximum atomic E-state index is 11.2. The number of hydrogen-bond acceptors (Lipinski definition) is 3. The Hall–Kier alpha value is -1.69. The molecule has 1 aliphatic rings. The third-order valence-electron chi connectivity index (χ3n) is 2.64. The summed E-state index contributed by atoms with van der Waals surface area (Å²) >= 11 is 4.04. The summed E-state index contributed by atoms with van der Waals surface area (Å²) in [6, 6.07) is 6.68. The summed E-state index contributed by atoms with van der Waals surface area (Å²) < 4.78 is 0. The molecule has 0 saturated carbocycles. The lowest BCUT2D eigenvalue weighted by Crippen LogP contribution is -2.45. The predicted molar refractivity (Wildman–Crippen MR) is 58.3 cm³/mol. The summed E-state index contributed by atoms with van der Waals surface area (Å²) in [5, 5.41) is 18.1. The monoisotopic (exact) mass is 239 g/mol. The van der Waals surface area contributed by atoms with E-state index < -0.39 is 16.9 Å². The smallest absolute Gasteiger partial charge is 0.409 e. The van der Waals surface area contributed by atoms with Gasteiger partial charge >= 0.3 is 12.1 Å². The van der Waals surface area contributed by atoms with Crippen molar-refractivity contribution in [3.63, 3.8) is 0 Å². The zero-order valence-electron chi connectivity index (χ0n) is 8.12. The first-order valence-electron chi connectivity index (χ1n) is 4.52. The van der Waals surface area contributed by atoms with E-state index >= 15 is 0 Å². The zero-order chi connectivity index (χ0) is 11.9. The number of amides is 1. The Balaban J connectivity index is 2.61. The van der Waals surface area contributed by atoms with Crippen molar-refractivity contribution >= 4 is 24.7 Å². The molecule has 1 amide bonds. The molecular formula is C10H9NO4S. The van der Waals surface area contributed by atoms with Crippen LogP contribution in [0.25, 0.3) is 0 Å². The number of rotatable bonds is 1. The van der Waals surface area contributed by atoms with Crippen LogP contribution in [0.1, 0.15) is 11.1 Å². The zero-order valence-corrected chi connectivity index (χ0v) is 9.02. The molecule has 1 aromatic carbocycles. The first-order chi connectivity index (χ1) is 7.48. The van der Waals surface area contributed by atoms with Crippen LogP contribution in [0, 0.1) is 0 Å². The third kappa shape index (κ3) is 1.26. The maximum absolute atomic E-state index is 11.2. The fourth-order valence-corrected chi connectivity index (χ4v) is 2.24. The minimum atomic E-state index is -1.79. The standard InChI is InChI=1S/C10H9NO4S/c12-8(13)10(16)7-4-2-1-3-6(7)5-11(10)9(14)15/h1-4,16H,5H2,(H,12,13)(H,14,15). The molecule has 0 saturated heterocycles. The Bertz CT molecular complexity index is 476. The first kappa shape index (κ1) is 10.8. The fraction of sp³-hybridized carbons (Fsp3) is 0.200. The Morgan fingerprint density at radius 1 is 1.31 bits per heavy atom. The average molecular weight is 239 g/mol. The summed E-state index contributed by atoms with van der Waals surface area (Å²) in [5.41, 5.74) is 1.08. The van der Waals surface area contributed by atoms with E-state index in [0.717, 1.165) is 4.90 Å². The topological polar surface area (TPSA) is 77.8 Å². The van der Waals surface area contributed by atoms with Gasteiger partial charge in [0.1, 0.15) is 0 Å². The first-order valence-corrected chi connectivity index (χ1v) is 4.97. The van der Waals surface area contributed by atoms with Gasteiger partial charge in [-0.25, -0.2) is 9.59 Å². The minimum Gasteiger partial charge on any atom is -0.479 e. The molecule has 5 nitrogen and oxygen atoms in total. The van der Waals surface area contributed by atoms with E-state index in [1.807, 2.05) is 0 Å². The van der Waals surface area contributed by atoms with E-state index in [2.05, 4.69) is 12.6 Å². The van der Waals surface area contributed by atoms with Crippen LogP contribution >= 0.6 is 12.6 Å². The van der Waals surface area contributed by atoms with Crippen molar-refractivity contribution in [1.29, 1.82) is 0 Å². The lowest BCUT2D eigenvalue weighted by atomic mass is 10.0. The lowest BCUT2D eigenvalue weighted by molar-refractivity contribution is -0.144. The van der Waals surface area contributed by atoms with E-state index in [9.17, 15) is 9.59 Å². The summed E-state index contributed by atoms with van der Waals surface area (Å²) in [5.74, 6) is -1.29. The van der Waals surface area contributed by atoms with Gasteiger partial charge in [-0.3, -0.25) is 4.90 Å². The van der Waals surface area contributed by atoms with Crippen LogP contribution in [-0.4, -0.2) is 27.2 Å². The largest absolute Gasteiger partial charge is 0.479 e. The second-order valence-corrected chi connectivity index (χ2v) is 4.15. The molecule has 16 heavy (non-hydrogen) atoms. The molecule has 1 heterocycles. The van der Waals surface area contributed by atoms with Crippen molar-refractivity contribution in [2.45, 2.75) is 11.4 Å². The van der Waals surface area contributed by atoms with Crippen molar-refractivity contribution in [3.8, 4) is 0 Å². The van der Waals surface area contributed by atoms with Gasteiger partial charge in [0.25, 0.3) is 0 Å². The van der Waals surface area contributed by atoms with Gasteiger partial charge < -0.3 is 10.2 Å². The highest BCUT2D eigenvalue weighted by Crippen LogP contribution is 2.42. The highest BCUT2D eigenvalue weighted by atomic mass is 32.1. The fourth-order valence-electron chi connectivity index (χ4n) is 1.87. The van der Waals surface area contributed by atoms with Crippen LogP contribution in [0.5, 0.6) is 0 Å². The molecule has 0 aromatic heterocycles. The number of carboxylic acid groups (broad SMARTS) is 2. The summed E-state index contributed by atoms with van der Waals surface area (Å²) in [7, 11) is 0. The van der Waals surface area contributed by atoms with Crippen LogP contribution in [-0.2, 0) is 16.2 Å². The van der Waals surface area contributed by atoms with Crippen LogP contribution < -0.4 is 0 Å². The van der Waals surface area contributed by atoms with Crippen molar-refractivity contribution < 1.29 is 19.8 Å². The molecule has 2 N–H and O–H groups in total. The Morgan fingerprint density at radius 3 is 2.50 bits per heavy atom. The average Bonchev–Trinajstić information content (AvgIpc) is 2.54. The van der Waals surface area contributed by atoms with Gasteiger partial charge in [-0.15, -0.1) is 12.6 Å². The summed E-state index contributed by atoms with van der Waals surface area (Å²) in [6.45, 7) is 0.0430. The van der Waals surface area contributed by atoms with Gasteiger partial charge in [0.15, 0.2) is 0 Å². The number of carbonyl (C=O) groups is 2. The van der Waals surface area contributed by atoms with Crippen LogP contribution in [0.15, 0.2) is 24.3 Å². The number of carboxylic acids is 1. The van der Waals surface area contributed by atoms with Gasteiger partial charge in [0.05, 0.1) is 6.54 Å². The highest BCUT2D eigenvalue weighted by molar-refractivity contribution is 7.82. The molecule has 1 unspecified atom stereocenters. The number of hydrogen-bond donors (Lipinski definition) is 3. The molecule has 0 spiro atoms. The quantitative estimate of drug-likeness (QED) is 0.646. The second-order valence-electron chi connectivity index (χ2n) is 3.50. The van der Waals surface area contributed by atoms with Gasteiger partial charge in [0.2, 0.25) is 4.87 Å². The summed E-state index contributed by atoms with van der Waals surface area (Å²) in [6.07, 6.45) is -1.30. The van der Waals surface area contributed by atoms with Crippen molar-refractivity contribution in [3.05, 3.63) is 35.4 Å². The predicted octanol–water partition coefficient (Wildman–Crippen LogP) is 1.35. The second kappa shape index (κ2) is 3.41. The molecular weight excluding hydrogens is 230 g/mol. The van der Waals surface area contributed by atoms with E-state index in [1.54, 1.807) is 24.3 Å². The van der Waals surface area contributed by atoms with Gasteiger partial charge in [-0.1, -0.05) is 24.3 Å². The van der Waals surface area contributed by atoms with E-state index in [4.69, 9.17) is 10.2 Å². The maximum Gasteiger partial charge on any atom is 0.409 e. The minimum absolute atomic E-state index is 0.0430. The van der Waals surface area contributed by atoms with E-state index in [-0.39, 0.29) is 6.54 Å². The number of thiol groups is 1.